The second-order valence-electron chi connectivity index (χ2n) is 8.38. The molecule has 0 unspecified atom stereocenters. The van der Waals surface area contributed by atoms with Crippen LogP contribution in [0.5, 0.6) is 0 Å². The molecule has 0 saturated heterocycles. The van der Waals surface area contributed by atoms with Crippen LogP contribution in [0.2, 0.25) is 5.15 Å². The molecule has 6 nitrogen and oxygen atoms in total. The number of aromatic carboxylic acids is 1. The van der Waals surface area contributed by atoms with Crippen molar-refractivity contribution in [2.75, 3.05) is 5.32 Å². The van der Waals surface area contributed by atoms with Gasteiger partial charge in [-0.1, -0.05) is 23.2 Å². The van der Waals surface area contributed by atoms with Crippen LogP contribution in [0.3, 0.4) is 0 Å². The molecule has 158 valence electrons. The van der Waals surface area contributed by atoms with Gasteiger partial charge in [0.2, 0.25) is 0 Å². The molecule has 7 heteroatoms. The number of hydrogen-bond acceptors (Lipinski definition) is 4. The van der Waals surface area contributed by atoms with Gasteiger partial charge < -0.3 is 15.0 Å². The highest BCUT2D eigenvalue weighted by atomic mass is 35.5. The zero-order chi connectivity index (χ0) is 21.7. The average molecular weight is 435 g/mol. The van der Waals surface area contributed by atoms with Gasteiger partial charge in [0.05, 0.1) is 17.2 Å². The Hall–Kier alpha value is -3.12. The van der Waals surface area contributed by atoms with Gasteiger partial charge in [-0.25, -0.2) is 14.8 Å². The Morgan fingerprint density at radius 1 is 1.29 bits per heavy atom. The second kappa shape index (κ2) is 7.54. The first-order valence-electron chi connectivity index (χ1n) is 10.5. The minimum atomic E-state index is -1.11. The number of aromatic nitrogens is 3. The molecule has 1 saturated carbocycles. The molecule has 0 amide bonds. The van der Waals surface area contributed by atoms with Crippen LogP contribution in [0.4, 0.5) is 5.69 Å². The average Bonchev–Trinajstić information content (AvgIpc) is 3.51. The SMILES string of the molecule is Cc1cc([C@@H](C)Nc2ccc(Cl)nc2C(=O)O)c2c(c1)c1cccnc1n2CC1CC1. The van der Waals surface area contributed by atoms with Crippen molar-refractivity contribution in [3.63, 3.8) is 0 Å². The normalized spacial score (nSPS) is 14.8. The highest BCUT2D eigenvalue weighted by molar-refractivity contribution is 6.29. The lowest BCUT2D eigenvalue weighted by molar-refractivity contribution is 0.0691. The van der Waals surface area contributed by atoms with Crippen LogP contribution in [-0.4, -0.2) is 25.6 Å². The molecule has 1 atom stereocenters. The van der Waals surface area contributed by atoms with E-state index in [0.29, 0.717) is 11.6 Å². The van der Waals surface area contributed by atoms with E-state index in [-0.39, 0.29) is 16.9 Å². The lowest BCUT2D eigenvalue weighted by atomic mass is 10.0. The van der Waals surface area contributed by atoms with E-state index in [0.717, 1.165) is 34.2 Å². The number of fused-ring (bicyclic) bond motifs is 3. The van der Waals surface area contributed by atoms with E-state index < -0.39 is 5.97 Å². The number of pyridine rings is 2. The van der Waals surface area contributed by atoms with Crippen molar-refractivity contribution in [2.45, 2.75) is 39.3 Å². The standard InChI is InChI=1S/C24H23ClN4O2/c1-13-10-17(14(2)27-19-7-8-20(25)28-21(19)24(30)31)22-18(11-13)16-4-3-9-26-23(16)29(22)12-15-5-6-15/h3-4,7-11,14-15,27H,5-6,12H2,1-2H3,(H,30,31)/t14-/m1/s1. The number of rotatable bonds is 6. The summed E-state index contributed by atoms with van der Waals surface area (Å²) in [7, 11) is 0. The Morgan fingerprint density at radius 3 is 2.84 bits per heavy atom. The van der Waals surface area contributed by atoms with Gasteiger partial charge in [0.15, 0.2) is 5.69 Å². The molecule has 1 aliphatic rings. The molecular weight excluding hydrogens is 412 g/mol. The second-order valence-corrected chi connectivity index (χ2v) is 8.77. The number of aryl methyl sites for hydroxylation is 1. The van der Waals surface area contributed by atoms with Gasteiger partial charge in [-0.15, -0.1) is 0 Å². The molecule has 0 bridgehead atoms. The summed E-state index contributed by atoms with van der Waals surface area (Å²) in [5.41, 5.74) is 4.79. The number of benzene rings is 1. The predicted octanol–water partition coefficient (Wildman–Crippen LogP) is 5.83. The summed E-state index contributed by atoms with van der Waals surface area (Å²) in [6, 6.07) is 11.6. The quantitative estimate of drug-likeness (QED) is 0.373. The molecule has 0 spiro atoms. The first kappa shape index (κ1) is 19.8. The zero-order valence-corrected chi connectivity index (χ0v) is 18.1. The minimum absolute atomic E-state index is 0.0802. The monoisotopic (exact) mass is 434 g/mol. The third kappa shape index (κ3) is 3.61. The van der Waals surface area contributed by atoms with E-state index in [4.69, 9.17) is 16.6 Å². The number of nitrogens with one attached hydrogen (secondary N) is 1. The molecule has 1 aromatic carbocycles. The molecule has 0 aliphatic heterocycles. The fourth-order valence-electron chi connectivity index (χ4n) is 4.33. The fourth-order valence-corrected chi connectivity index (χ4v) is 4.48. The van der Waals surface area contributed by atoms with E-state index in [2.05, 4.69) is 40.0 Å². The van der Waals surface area contributed by atoms with Crippen LogP contribution in [-0.2, 0) is 6.54 Å². The van der Waals surface area contributed by atoms with Crippen LogP contribution in [0.15, 0.2) is 42.6 Å². The van der Waals surface area contributed by atoms with Crippen LogP contribution in [0.1, 0.15) is 47.4 Å². The lowest BCUT2D eigenvalue weighted by Gasteiger charge is -2.20. The molecule has 2 N–H and O–H groups in total. The van der Waals surface area contributed by atoms with Crippen LogP contribution in [0.25, 0.3) is 21.9 Å². The maximum atomic E-state index is 11.7. The minimum Gasteiger partial charge on any atom is -0.476 e. The first-order chi connectivity index (χ1) is 14.9. The number of nitrogens with zero attached hydrogens (tertiary/aromatic N) is 3. The summed E-state index contributed by atoms with van der Waals surface area (Å²) < 4.78 is 2.34. The van der Waals surface area contributed by atoms with Crippen molar-refractivity contribution in [1.82, 2.24) is 14.5 Å². The van der Waals surface area contributed by atoms with Crippen LogP contribution < -0.4 is 5.32 Å². The Bertz CT molecular complexity index is 1330. The van der Waals surface area contributed by atoms with Gasteiger partial charge in [-0.3, -0.25) is 0 Å². The molecule has 3 heterocycles. The largest absolute Gasteiger partial charge is 0.476 e. The highest BCUT2D eigenvalue weighted by Crippen LogP contribution is 2.39. The maximum absolute atomic E-state index is 11.7. The highest BCUT2D eigenvalue weighted by Gasteiger charge is 2.26. The summed E-state index contributed by atoms with van der Waals surface area (Å²) in [5, 5.41) is 15.4. The Morgan fingerprint density at radius 2 is 2.10 bits per heavy atom. The van der Waals surface area contributed by atoms with Gasteiger partial charge >= 0.3 is 5.97 Å². The summed E-state index contributed by atoms with van der Waals surface area (Å²) in [5.74, 6) is -0.420. The Balaban J connectivity index is 1.67. The van der Waals surface area contributed by atoms with E-state index >= 15 is 0 Å². The number of carbonyl (C=O) groups is 1. The summed E-state index contributed by atoms with van der Waals surface area (Å²) in [6.07, 6.45) is 4.35. The van der Waals surface area contributed by atoms with Crippen LogP contribution in [0, 0.1) is 12.8 Å². The van der Waals surface area contributed by atoms with Gasteiger partial charge in [-0.2, -0.15) is 0 Å². The van der Waals surface area contributed by atoms with Crippen molar-refractivity contribution in [3.8, 4) is 0 Å². The van der Waals surface area contributed by atoms with Gasteiger partial charge in [-0.05, 0) is 68.5 Å². The third-order valence-electron chi connectivity index (χ3n) is 5.93. The van der Waals surface area contributed by atoms with Crippen LogP contribution >= 0.6 is 11.6 Å². The summed E-state index contributed by atoms with van der Waals surface area (Å²) >= 11 is 5.92. The fraction of sp³-hybridized carbons (Fsp3) is 0.292. The number of halogens is 1. The van der Waals surface area contributed by atoms with E-state index in [1.54, 1.807) is 12.1 Å². The van der Waals surface area contributed by atoms with Gasteiger partial charge in [0, 0.05) is 23.5 Å². The molecular formula is C24H23ClN4O2. The smallest absolute Gasteiger partial charge is 0.356 e. The number of carboxylic acid groups (broad SMARTS) is 1. The topological polar surface area (TPSA) is 80.0 Å². The predicted molar refractivity (Wildman–Crippen MR) is 123 cm³/mol. The van der Waals surface area contributed by atoms with Crippen molar-refractivity contribution >= 4 is 45.2 Å². The molecule has 1 fully saturated rings. The van der Waals surface area contributed by atoms with E-state index in [1.807, 2.05) is 19.2 Å². The maximum Gasteiger partial charge on any atom is 0.356 e. The van der Waals surface area contributed by atoms with E-state index in [1.165, 1.54) is 18.2 Å². The molecule has 31 heavy (non-hydrogen) atoms. The summed E-state index contributed by atoms with van der Waals surface area (Å²) in [6.45, 7) is 5.08. The number of hydrogen-bond donors (Lipinski definition) is 2. The number of carboxylic acids is 1. The van der Waals surface area contributed by atoms with Crippen molar-refractivity contribution in [1.29, 1.82) is 0 Å². The van der Waals surface area contributed by atoms with Crippen molar-refractivity contribution in [3.05, 3.63) is 64.6 Å². The summed E-state index contributed by atoms with van der Waals surface area (Å²) in [4.78, 5) is 20.4. The zero-order valence-electron chi connectivity index (χ0n) is 17.4. The molecule has 0 radical (unpaired) electrons. The Kier molecular flexibility index (Phi) is 4.82. The molecule has 4 aromatic rings. The molecule has 5 rings (SSSR count). The Labute approximate surface area is 184 Å². The first-order valence-corrected chi connectivity index (χ1v) is 10.8. The van der Waals surface area contributed by atoms with E-state index in [9.17, 15) is 9.90 Å². The molecule has 3 aromatic heterocycles. The van der Waals surface area contributed by atoms with Gasteiger partial charge in [0.1, 0.15) is 10.8 Å². The van der Waals surface area contributed by atoms with Gasteiger partial charge in [0.25, 0.3) is 0 Å². The lowest BCUT2D eigenvalue weighted by Crippen LogP contribution is -2.14. The van der Waals surface area contributed by atoms with Crippen molar-refractivity contribution in [2.24, 2.45) is 5.92 Å². The molecule has 1 aliphatic carbocycles. The number of anilines is 1. The third-order valence-corrected chi connectivity index (χ3v) is 6.14. The van der Waals surface area contributed by atoms with Crippen molar-refractivity contribution < 1.29 is 9.90 Å².